The van der Waals surface area contributed by atoms with Crippen molar-refractivity contribution in [2.75, 3.05) is 5.32 Å². The zero-order valence-corrected chi connectivity index (χ0v) is 14.0. The largest absolute Gasteiger partial charge is 0.310 e. The van der Waals surface area contributed by atoms with Gasteiger partial charge in [-0.1, -0.05) is 42.5 Å². The molecule has 0 spiro atoms. The minimum atomic E-state index is -0.602. The Kier molecular flexibility index (Phi) is 4.00. The number of H-pyrrole nitrogens is 1. The lowest BCUT2D eigenvalue weighted by Gasteiger charge is -2.24. The summed E-state index contributed by atoms with van der Waals surface area (Å²) in [5, 5.41) is 13.7. The monoisotopic (exact) mass is 362 g/mol. The number of carbonyl (C=O) groups is 1. The summed E-state index contributed by atoms with van der Waals surface area (Å²) in [5.74, 6) is -0.365. The predicted octanol–water partition coefficient (Wildman–Crippen LogP) is 2.82. The maximum absolute atomic E-state index is 12.8. The second-order valence-corrected chi connectivity index (χ2v) is 6.20. The van der Waals surface area contributed by atoms with Crippen LogP contribution in [-0.2, 0) is 4.79 Å². The molecular formula is C19H14N4O4. The van der Waals surface area contributed by atoms with Gasteiger partial charge >= 0.3 is 0 Å². The van der Waals surface area contributed by atoms with Crippen molar-refractivity contribution >= 4 is 17.4 Å². The molecule has 0 fully saturated rings. The van der Waals surface area contributed by atoms with Crippen molar-refractivity contribution in [2.24, 2.45) is 0 Å². The lowest BCUT2D eigenvalue weighted by atomic mass is 9.86. The van der Waals surface area contributed by atoms with Crippen LogP contribution in [-0.4, -0.2) is 20.8 Å². The van der Waals surface area contributed by atoms with Crippen LogP contribution in [0.1, 0.15) is 23.5 Å². The van der Waals surface area contributed by atoms with Crippen molar-refractivity contribution < 1.29 is 9.72 Å². The van der Waals surface area contributed by atoms with Crippen molar-refractivity contribution in [1.82, 2.24) is 9.97 Å². The number of nitrogens with one attached hydrogen (secondary N) is 2. The van der Waals surface area contributed by atoms with Gasteiger partial charge in [-0.05, 0) is 5.56 Å². The van der Waals surface area contributed by atoms with Gasteiger partial charge in [-0.25, -0.2) is 4.98 Å². The van der Waals surface area contributed by atoms with E-state index in [0.717, 1.165) is 0 Å². The normalized spacial score (nSPS) is 15.7. The minimum absolute atomic E-state index is 0.0175. The van der Waals surface area contributed by atoms with E-state index in [1.54, 1.807) is 24.3 Å². The first-order chi connectivity index (χ1) is 13.0. The molecule has 8 heteroatoms. The van der Waals surface area contributed by atoms with Crippen LogP contribution in [0, 0.1) is 10.1 Å². The van der Waals surface area contributed by atoms with Gasteiger partial charge in [0.15, 0.2) is 0 Å². The standard InChI is InChI=1S/C19H14N4O4/c24-15-10-14(12-7-4-8-13(9-12)23(26)27)16-18(20-15)21-17(22-19(16)25)11-5-2-1-3-6-11/h1-9,14H,10H2,(H2,20,21,22,24,25)/t14-/m1/s1. The molecule has 0 radical (unpaired) electrons. The molecule has 2 heterocycles. The molecule has 0 saturated heterocycles. The quantitative estimate of drug-likeness (QED) is 0.549. The van der Waals surface area contributed by atoms with E-state index < -0.39 is 10.8 Å². The molecule has 0 unspecified atom stereocenters. The molecule has 3 aromatic rings. The third-order valence-corrected chi connectivity index (χ3v) is 4.48. The van der Waals surface area contributed by atoms with E-state index in [1.807, 2.05) is 18.2 Å². The molecule has 1 atom stereocenters. The van der Waals surface area contributed by atoms with Gasteiger partial charge < -0.3 is 10.3 Å². The highest BCUT2D eigenvalue weighted by molar-refractivity contribution is 5.94. The SMILES string of the molecule is O=C1C[C@H](c2cccc([N+](=O)[O-])c2)c2c(nc(-c3ccccc3)[nH]c2=O)N1. The lowest BCUT2D eigenvalue weighted by molar-refractivity contribution is -0.384. The maximum atomic E-state index is 12.8. The van der Waals surface area contributed by atoms with Crippen molar-refractivity contribution in [1.29, 1.82) is 0 Å². The Morgan fingerprint density at radius 3 is 2.59 bits per heavy atom. The summed E-state index contributed by atoms with van der Waals surface area (Å²) in [4.78, 5) is 42.7. The molecular weight excluding hydrogens is 348 g/mol. The molecule has 1 aliphatic heterocycles. The highest BCUT2D eigenvalue weighted by Gasteiger charge is 2.31. The highest BCUT2D eigenvalue weighted by Crippen LogP contribution is 2.35. The molecule has 0 aliphatic carbocycles. The molecule has 27 heavy (non-hydrogen) atoms. The van der Waals surface area contributed by atoms with Crippen LogP contribution >= 0.6 is 0 Å². The Bertz CT molecular complexity index is 1110. The van der Waals surface area contributed by atoms with Gasteiger partial charge in [0.1, 0.15) is 11.6 Å². The number of anilines is 1. The number of hydrogen-bond acceptors (Lipinski definition) is 5. The van der Waals surface area contributed by atoms with Crippen LogP contribution in [0.5, 0.6) is 0 Å². The molecule has 1 aliphatic rings. The number of rotatable bonds is 3. The van der Waals surface area contributed by atoms with E-state index in [-0.39, 0.29) is 29.4 Å². The number of carbonyl (C=O) groups excluding carboxylic acids is 1. The smallest absolute Gasteiger partial charge is 0.269 e. The summed E-state index contributed by atoms with van der Waals surface area (Å²) in [7, 11) is 0. The van der Waals surface area contributed by atoms with E-state index in [4.69, 9.17) is 0 Å². The van der Waals surface area contributed by atoms with Gasteiger partial charge in [-0.15, -0.1) is 0 Å². The lowest BCUT2D eigenvalue weighted by Crippen LogP contribution is -2.31. The summed E-state index contributed by atoms with van der Waals surface area (Å²) in [6.07, 6.45) is 0.0175. The predicted molar refractivity (Wildman–Crippen MR) is 98.5 cm³/mol. The van der Waals surface area contributed by atoms with Crippen LogP contribution < -0.4 is 10.9 Å². The van der Waals surface area contributed by atoms with E-state index in [9.17, 15) is 19.7 Å². The van der Waals surface area contributed by atoms with Crippen LogP contribution in [0.2, 0.25) is 0 Å². The first kappa shape index (κ1) is 16.6. The zero-order valence-electron chi connectivity index (χ0n) is 14.0. The number of fused-ring (bicyclic) bond motifs is 1. The van der Waals surface area contributed by atoms with Gasteiger partial charge in [0.2, 0.25) is 5.91 Å². The third-order valence-electron chi connectivity index (χ3n) is 4.48. The zero-order chi connectivity index (χ0) is 19.0. The second kappa shape index (κ2) is 6.49. The van der Waals surface area contributed by atoms with Crippen LogP contribution in [0.15, 0.2) is 59.4 Å². The Hall–Kier alpha value is -3.81. The summed E-state index contributed by atoms with van der Waals surface area (Å²) in [5.41, 5.74) is 1.07. The first-order valence-electron chi connectivity index (χ1n) is 8.27. The Morgan fingerprint density at radius 1 is 1.07 bits per heavy atom. The van der Waals surface area contributed by atoms with Crippen LogP contribution in [0.25, 0.3) is 11.4 Å². The van der Waals surface area contributed by atoms with Crippen molar-refractivity contribution in [3.05, 3.63) is 86.2 Å². The molecule has 2 N–H and O–H groups in total. The summed E-state index contributed by atoms with van der Waals surface area (Å²) in [6, 6.07) is 15.1. The average molecular weight is 362 g/mol. The number of nitro groups is 1. The van der Waals surface area contributed by atoms with Crippen LogP contribution in [0.3, 0.4) is 0 Å². The molecule has 4 rings (SSSR count). The summed E-state index contributed by atoms with van der Waals surface area (Å²) < 4.78 is 0. The van der Waals surface area contributed by atoms with Crippen LogP contribution in [0.4, 0.5) is 11.5 Å². The number of amides is 1. The minimum Gasteiger partial charge on any atom is -0.310 e. The molecule has 8 nitrogen and oxygen atoms in total. The number of aromatic amines is 1. The number of nitrogens with zero attached hydrogens (tertiary/aromatic N) is 2. The molecule has 0 bridgehead atoms. The van der Waals surface area contributed by atoms with E-state index in [2.05, 4.69) is 15.3 Å². The Morgan fingerprint density at radius 2 is 1.85 bits per heavy atom. The second-order valence-electron chi connectivity index (χ2n) is 6.20. The topological polar surface area (TPSA) is 118 Å². The fraction of sp³-hybridized carbons (Fsp3) is 0.105. The van der Waals surface area contributed by atoms with Crippen molar-refractivity contribution in [3.8, 4) is 11.4 Å². The fourth-order valence-corrected chi connectivity index (χ4v) is 3.24. The fourth-order valence-electron chi connectivity index (χ4n) is 3.24. The molecule has 1 aromatic heterocycles. The van der Waals surface area contributed by atoms with Crippen molar-refractivity contribution in [3.63, 3.8) is 0 Å². The van der Waals surface area contributed by atoms with Gasteiger partial charge in [-0.3, -0.25) is 19.7 Å². The van der Waals surface area contributed by atoms with E-state index in [1.165, 1.54) is 12.1 Å². The van der Waals surface area contributed by atoms with E-state index >= 15 is 0 Å². The van der Waals surface area contributed by atoms with Gasteiger partial charge in [-0.2, -0.15) is 0 Å². The molecule has 134 valence electrons. The van der Waals surface area contributed by atoms with Gasteiger partial charge in [0, 0.05) is 30.0 Å². The summed E-state index contributed by atoms with van der Waals surface area (Å²) >= 11 is 0. The van der Waals surface area contributed by atoms with Crippen molar-refractivity contribution in [2.45, 2.75) is 12.3 Å². The van der Waals surface area contributed by atoms with Gasteiger partial charge in [0.25, 0.3) is 11.2 Å². The Balaban J connectivity index is 1.85. The highest BCUT2D eigenvalue weighted by atomic mass is 16.6. The molecule has 2 aromatic carbocycles. The number of aromatic nitrogens is 2. The number of benzene rings is 2. The molecule has 1 amide bonds. The molecule has 0 saturated carbocycles. The number of non-ortho nitro benzene ring substituents is 1. The number of hydrogen-bond donors (Lipinski definition) is 2. The maximum Gasteiger partial charge on any atom is 0.269 e. The first-order valence-corrected chi connectivity index (χ1v) is 8.27. The Labute approximate surface area is 153 Å². The summed E-state index contributed by atoms with van der Waals surface area (Å²) in [6.45, 7) is 0. The third kappa shape index (κ3) is 3.08. The number of nitro benzene ring substituents is 1. The van der Waals surface area contributed by atoms with E-state index in [0.29, 0.717) is 22.5 Å². The van der Waals surface area contributed by atoms with Gasteiger partial charge in [0.05, 0.1) is 10.5 Å². The average Bonchev–Trinajstić information content (AvgIpc) is 2.67.